The molecule has 1 fully saturated rings. The largest absolute Gasteiger partial charge is 0.389 e. The molecule has 1 atom stereocenters. The second-order valence-electron chi connectivity index (χ2n) is 4.93. The molecular weight excluding hydrogens is 217 g/mol. The zero-order valence-corrected chi connectivity index (χ0v) is 10.5. The van der Waals surface area contributed by atoms with Gasteiger partial charge in [-0.2, -0.15) is 0 Å². The molecule has 0 unspecified atom stereocenters. The minimum atomic E-state index is -0.635. The molecule has 0 aromatic heterocycles. The molecule has 0 aliphatic heterocycles. The molecule has 3 heteroatoms. The SMILES string of the molecule is C[C@H](O)c1cc(F)ccc1N(C)C1CCCC1. The van der Waals surface area contributed by atoms with Crippen LogP contribution in [0.15, 0.2) is 18.2 Å². The summed E-state index contributed by atoms with van der Waals surface area (Å²) >= 11 is 0. The van der Waals surface area contributed by atoms with E-state index in [4.69, 9.17) is 0 Å². The third kappa shape index (κ3) is 2.60. The highest BCUT2D eigenvalue weighted by Crippen LogP contribution is 2.32. The molecule has 0 saturated heterocycles. The van der Waals surface area contributed by atoms with Gasteiger partial charge in [0, 0.05) is 24.3 Å². The molecule has 0 radical (unpaired) electrons. The van der Waals surface area contributed by atoms with Crippen LogP contribution in [0.3, 0.4) is 0 Å². The average molecular weight is 237 g/mol. The van der Waals surface area contributed by atoms with Gasteiger partial charge in [0.2, 0.25) is 0 Å². The molecule has 2 rings (SSSR count). The Kier molecular flexibility index (Phi) is 3.67. The highest BCUT2D eigenvalue weighted by atomic mass is 19.1. The molecule has 2 nitrogen and oxygen atoms in total. The van der Waals surface area contributed by atoms with Crippen LogP contribution >= 0.6 is 0 Å². The average Bonchev–Trinajstić information content (AvgIpc) is 2.81. The van der Waals surface area contributed by atoms with Gasteiger partial charge >= 0.3 is 0 Å². The normalized spacial score (nSPS) is 18.4. The van der Waals surface area contributed by atoms with Crippen LogP contribution in [0.2, 0.25) is 0 Å². The molecule has 0 amide bonds. The minimum absolute atomic E-state index is 0.288. The zero-order valence-electron chi connectivity index (χ0n) is 10.5. The first-order chi connectivity index (χ1) is 8.09. The van der Waals surface area contributed by atoms with Gasteiger partial charge in [-0.3, -0.25) is 0 Å². The molecule has 1 aliphatic rings. The Labute approximate surface area is 102 Å². The van der Waals surface area contributed by atoms with E-state index in [2.05, 4.69) is 4.90 Å². The van der Waals surface area contributed by atoms with Gasteiger partial charge in [-0.15, -0.1) is 0 Å². The fourth-order valence-corrected chi connectivity index (χ4v) is 2.67. The van der Waals surface area contributed by atoms with Crippen molar-refractivity contribution in [2.45, 2.75) is 44.8 Å². The van der Waals surface area contributed by atoms with Gasteiger partial charge < -0.3 is 10.0 Å². The van der Waals surface area contributed by atoms with Gasteiger partial charge in [0.1, 0.15) is 5.82 Å². The van der Waals surface area contributed by atoms with E-state index in [9.17, 15) is 9.50 Å². The number of aliphatic hydroxyl groups is 1. The maximum absolute atomic E-state index is 13.2. The van der Waals surface area contributed by atoms with E-state index in [1.807, 2.05) is 7.05 Å². The van der Waals surface area contributed by atoms with Crippen molar-refractivity contribution in [2.75, 3.05) is 11.9 Å². The Morgan fingerprint density at radius 3 is 2.59 bits per heavy atom. The van der Waals surface area contributed by atoms with E-state index in [1.54, 1.807) is 13.0 Å². The molecular formula is C14H20FNO. The lowest BCUT2D eigenvalue weighted by atomic mass is 10.1. The summed E-state index contributed by atoms with van der Waals surface area (Å²) in [7, 11) is 2.04. The van der Waals surface area contributed by atoms with Crippen LogP contribution in [0.4, 0.5) is 10.1 Å². The Morgan fingerprint density at radius 2 is 2.00 bits per heavy atom. The second-order valence-corrected chi connectivity index (χ2v) is 4.93. The van der Waals surface area contributed by atoms with Gasteiger partial charge in [-0.25, -0.2) is 4.39 Å². The first-order valence-electron chi connectivity index (χ1n) is 6.30. The topological polar surface area (TPSA) is 23.5 Å². The molecule has 1 saturated carbocycles. The summed E-state index contributed by atoms with van der Waals surface area (Å²) in [5.74, 6) is -0.288. The summed E-state index contributed by atoms with van der Waals surface area (Å²) in [4.78, 5) is 2.19. The van der Waals surface area contributed by atoms with Gasteiger partial charge in [0.25, 0.3) is 0 Å². The van der Waals surface area contributed by atoms with Gasteiger partial charge in [0.05, 0.1) is 6.10 Å². The summed E-state index contributed by atoms with van der Waals surface area (Å²) in [6, 6.07) is 5.20. The lowest BCUT2D eigenvalue weighted by Gasteiger charge is -2.29. The Hall–Kier alpha value is -1.09. The van der Waals surface area contributed by atoms with Gasteiger partial charge in [-0.05, 0) is 38.0 Å². The van der Waals surface area contributed by atoms with Crippen LogP contribution in [0, 0.1) is 5.82 Å². The molecule has 0 spiro atoms. The van der Waals surface area contributed by atoms with E-state index in [0.717, 1.165) is 5.69 Å². The fourth-order valence-electron chi connectivity index (χ4n) is 2.67. The van der Waals surface area contributed by atoms with Crippen LogP contribution < -0.4 is 4.90 Å². The lowest BCUT2D eigenvalue weighted by molar-refractivity contribution is 0.199. The van der Waals surface area contributed by atoms with Crippen LogP contribution in [0.25, 0.3) is 0 Å². The highest BCUT2D eigenvalue weighted by Gasteiger charge is 2.22. The van der Waals surface area contributed by atoms with E-state index < -0.39 is 6.10 Å². The minimum Gasteiger partial charge on any atom is -0.389 e. The number of nitrogens with zero attached hydrogens (tertiary/aromatic N) is 1. The van der Waals surface area contributed by atoms with Crippen LogP contribution in [0.1, 0.15) is 44.3 Å². The Bertz CT molecular complexity index is 386. The highest BCUT2D eigenvalue weighted by molar-refractivity contribution is 5.55. The predicted molar refractivity (Wildman–Crippen MR) is 67.7 cm³/mol. The number of hydrogen-bond acceptors (Lipinski definition) is 2. The van der Waals surface area contributed by atoms with Crippen molar-refractivity contribution >= 4 is 5.69 Å². The van der Waals surface area contributed by atoms with Gasteiger partial charge in [-0.1, -0.05) is 12.8 Å². The summed E-state index contributed by atoms with van der Waals surface area (Å²) in [5, 5.41) is 9.73. The van der Waals surface area contributed by atoms with Crippen molar-refractivity contribution < 1.29 is 9.50 Å². The Balaban J connectivity index is 2.29. The van der Waals surface area contributed by atoms with Crippen molar-refractivity contribution in [1.29, 1.82) is 0 Å². The molecule has 94 valence electrons. The van der Waals surface area contributed by atoms with Crippen LogP contribution in [-0.4, -0.2) is 18.2 Å². The summed E-state index contributed by atoms with van der Waals surface area (Å²) < 4.78 is 13.2. The first kappa shape index (κ1) is 12.4. The predicted octanol–water partition coefficient (Wildman–Crippen LogP) is 3.26. The summed E-state index contributed by atoms with van der Waals surface area (Å²) in [5.41, 5.74) is 1.63. The van der Waals surface area contributed by atoms with E-state index in [-0.39, 0.29) is 5.82 Å². The van der Waals surface area contributed by atoms with Gasteiger partial charge in [0.15, 0.2) is 0 Å². The molecule has 1 N–H and O–H groups in total. The molecule has 0 heterocycles. The quantitative estimate of drug-likeness (QED) is 0.872. The number of benzene rings is 1. The van der Waals surface area contributed by atoms with Crippen molar-refractivity contribution in [3.05, 3.63) is 29.6 Å². The third-order valence-corrected chi connectivity index (χ3v) is 3.69. The molecule has 1 aliphatic carbocycles. The summed E-state index contributed by atoms with van der Waals surface area (Å²) in [6.45, 7) is 1.68. The maximum atomic E-state index is 13.2. The number of hydrogen-bond donors (Lipinski definition) is 1. The molecule has 17 heavy (non-hydrogen) atoms. The smallest absolute Gasteiger partial charge is 0.123 e. The number of halogens is 1. The third-order valence-electron chi connectivity index (χ3n) is 3.69. The molecule has 1 aromatic rings. The molecule has 1 aromatic carbocycles. The number of aliphatic hydroxyl groups excluding tert-OH is 1. The summed E-state index contributed by atoms with van der Waals surface area (Å²) in [6.07, 6.45) is 4.27. The first-order valence-corrected chi connectivity index (χ1v) is 6.30. The molecule has 0 bridgehead atoms. The number of anilines is 1. The number of rotatable bonds is 3. The van der Waals surface area contributed by atoms with Crippen molar-refractivity contribution in [3.8, 4) is 0 Å². The second kappa shape index (κ2) is 5.05. The van der Waals surface area contributed by atoms with E-state index >= 15 is 0 Å². The monoisotopic (exact) mass is 237 g/mol. The van der Waals surface area contributed by atoms with E-state index in [0.29, 0.717) is 11.6 Å². The van der Waals surface area contributed by atoms with Crippen molar-refractivity contribution in [3.63, 3.8) is 0 Å². The Morgan fingerprint density at radius 1 is 1.35 bits per heavy atom. The fraction of sp³-hybridized carbons (Fsp3) is 0.571. The van der Waals surface area contributed by atoms with E-state index in [1.165, 1.54) is 37.8 Å². The zero-order chi connectivity index (χ0) is 12.4. The van der Waals surface area contributed by atoms with Crippen LogP contribution in [-0.2, 0) is 0 Å². The standard InChI is InChI=1S/C14H20FNO/c1-10(17)13-9-11(15)7-8-14(13)16(2)12-5-3-4-6-12/h7-10,12,17H,3-6H2,1-2H3/t10-/m0/s1. The van der Waals surface area contributed by atoms with Crippen molar-refractivity contribution in [2.24, 2.45) is 0 Å². The van der Waals surface area contributed by atoms with Crippen LogP contribution in [0.5, 0.6) is 0 Å². The van der Waals surface area contributed by atoms with Crippen molar-refractivity contribution in [1.82, 2.24) is 0 Å². The lowest BCUT2D eigenvalue weighted by Crippen LogP contribution is -2.29. The maximum Gasteiger partial charge on any atom is 0.123 e.